The number of rotatable bonds is 14. The Hall–Kier alpha value is -2.39. The summed E-state index contributed by atoms with van der Waals surface area (Å²) in [6.07, 6.45) is 13.7. The number of unbranched alkanes of at least 4 members (excludes halogenated alkanes) is 7. The standard InChI is InChI=1S/C30H38O2S/c1-3-5-7-8-9-11-13-28-22-23-29(33-28)30(31)32-27-20-18-26(19-21-27)25-16-14-24(15-17-25)12-10-6-4-2/h14-23H,3-13H2,1-2H3. The van der Waals surface area contributed by atoms with E-state index in [2.05, 4.69) is 44.2 Å². The van der Waals surface area contributed by atoms with Crippen LogP contribution in [0.3, 0.4) is 0 Å². The predicted molar refractivity (Wildman–Crippen MR) is 141 cm³/mol. The van der Waals surface area contributed by atoms with Gasteiger partial charge in [-0.1, -0.05) is 95.2 Å². The van der Waals surface area contributed by atoms with Crippen LogP contribution in [0.2, 0.25) is 0 Å². The number of benzene rings is 2. The highest BCUT2D eigenvalue weighted by Gasteiger charge is 2.12. The number of carbonyl (C=O) groups is 1. The Morgan fingerprint density at radius 1 is 0.667 bits per heavy atom. The predicted octanol–water partition coefficient (Wildman–Crippen LogP) is 9.27. The van der Waals surface area contributed by atoms with Crippen LogP contribution in [0.25, 0.3) is 11.1 Å². The van der Waals surface area contributed by atoms with Crippen LogP contribution in [-0.2, 0) is 12.8 Å². The molecule has 0 spiro atoms. The first-order valence-electron chi connectivity index (χ1n) is 12.7. The second kappa shape index (κ2) is 14.0. The van der Waals surface area contributed by atoms with Gasteiger partial charge in [-0.05, 0) is 66.6 Å². The van der Waals surface area contributed by atoms with Crippen molar-refractivity contribution in [2.24, 2.45) is 0 Å². The van der Waals surface area contributed by atoms with Crippen LogP contribution in [-0.4, -0.2) is 5.97 Å². The van der Waals surface area contributed by atoms with Crippen LogP contribution < -0.4 is 4.74 Å². The highest BCUT2D eigenvalue weighted by Crippen LogP contribution is 2.25. The lowest BCUT2D eigenvalue weighted by Crippen LogP contribution is -2.06. The summed E-state index contributed by atoms with van der Waals surface area (Å²) < 4.78 is 5.62. The van der Waals surface area contributed by atoms with E-state index < -0.39 is 0 Å². The van der Waals surface area contributed by atoms with E-state index >= 15 is 0 Å². The summed E-state index contributed by atoms with van der Waals surface area (Å²) in [6.45, 7) is 4.48. The highest BCUT2D eigenvalue weighted by molar-refractivity contribution is 7.13. The molecule has 0 saturated carbocycles. The maximum atomic E-state index is 12.6. The zero-order chi connectivity index (χ0) is 23.3. The van der Waals surface area contributed by atoms with Crippen molar-refractivity contribution in [3.05, 3.63) is 76.0 Å². The minimum Gasteiger partial charge on any atom is -0.422 e. The van der Waals surface area contributed by atoms with E-state index in [-0.39, 0.29) is 5.97 Å². The monoisotopic (exact) mass is 462 g/mol. The Bertz CT molecular complexity index is 954. The van der Waals surface area contributed by atoms with Gasteiger partial charge < -0.3 is 4.74 Å². The van der Waals surface area contributed by atoms with Gasteiger partial charge in [-0.15, -0.1) is 11.3 Å². The van der Waals surface area contributed by atoms with Gasteiger partial charge >= 0.3 is 5.97 Å². The number of aryl methyl sites for hydroxylation is 2. The lowest BCUT2D eigenvalue weighted by Gasteiger charge is -2.07. The summed E-state index contributed by atoms with van der Waals surface area (Å²) in [4.78, 5) is 14.5. The molecule has 3 heteroatoms. The second-order valence-corrected chi connectivity index (χ2v) is 10.0. The number of hydrogen-bond acceptors (Lipinski definition) is 3. The van der Waals surface area contributed by atoms with Gasteiger partial charge in [0.1, 0.15) is 10.6 Å². The number of hydrogen-bond donors (Lipinski definition) is 0. The molecule has 3 rings (SSSR count). The molecule has 0 bridgehead atoms. The van der Waals surface area contributed by atoms with Gasteiger partial charge in [0.25, 0.3) is 0 Å². The van der Waals surface area contributed by atoms with E-state index in [1.54, 1.807) is 11.3 Å². The molecule has 0 radical (unpaired) electrons. The van der Waals surface area contributed by atoms with E-state index in [0.29, 0.717) is 10.6 Å². The van der Waals surface area contributed by atoms with Gasteiger partial charge in [0.05, 0.1) is 0 Å². The summed E-state index contributed by atoms with van der Waals surface area (Å²) in [5.41, 5.74) is 3.71. The molecule has 2 nitrogen and oxygen atoms in total. The molecular weight excluding hydrogens is 424 g/mol. The van der Waals surface area contributed by atoms with E-state index in [9.17, 15) is 4.79 Å². The SMILES string of the molecule is CCCCCCCCc1ccc(C(=O)Oc2ccc(-c3ccc(CCCCC)cc3)cc2)s1. The maximum Gasteiger partial charge on any atom is 0.353 e. The zero-order valence-electron chi connectivity index (χ0n) is 20.3. The molecular formula is C30H38O2S. The molecule has 1 aromatic heterocycles. The smallest absolute Gasteiger partial charge is 0.353 e. The Labute approximate surface area is 204 Å². The second-order valence-electron chi connectivity index (χ2n) is 8.85. The number of thiophene rings is 1. The zero-order valence-corrected chi connectivity index (χ0v) is 21.1. The van der Waals surface area contributed by atoms with E-state index in [4.69, 9.17) is 4.74 Å². The summed E-state index contributed by atoms with van der Waals surface area (Å²) in [6, 6.07) is 20.6. The fraction of sp³-hybridized carbons (Fsp3) is 0.433. The minimum absolute atomic E-state index is 0.265. The third kappa shape index (κ3) is 8.47. The van der Waals surface area contributed by atoms with Crippen molar-refractivity contribution in [1.29, 1.82) is 0 Å². The van der Waals surface area contributed by atoms with Gasteiger partial charge in [0, 0.05) is 4.88 Å². The summed E-state index contributed by atoms with van der Waals surface area (Å²) >= 11 is 1.56. The maximum absolute atomic E-state index is 12.6. The first-order valence-corrected chi connectivity index (χ1v) is 13.5. The Morgan fingerprint density at radius 2 is 1.24 bits per heavy atom. The number of ether oxygens (including phenoxy) is 1. The van der Waals surface area contributed by atoms with E-state index in [1.165, 1.54) is 73.8 Å². The molecule has 0 aliphatic heterocycles. The Kier molecular flexibility index (Phi) is 10.7. The van der Waals surface area contributed by atoms with Gasteiger partial charge in [0.15, 0.2) is 0 Å². The number of esters is 1. The van der Waals surface area contributed by atoms with Crippen LogP contribution in [0.1, 0.15) is 91.7 Å². The fourth-order valence-corrected chi connectivity index (χ4v) is 4.94. The molecule has 0 atom stereocenters. The average molecular weight is 463 g/mol. The van der Waals surface area contributed by atoms with Crippen molar-refractivity contribution in [2.75, 3.05) is 0 Å². The molecule has 0 amide bonds. The van der Waals surface area contributed by atoms with Gasteiger partial charge in [-0.3, -0.25) is 0 Å². The topological polar surface area (TPSA) is 26.3 Å². The molecule has 0 aliphatic rings. The van der Waals surface area contributed by atoms with Crippen molar-refractivity contribution < 1.29 is 9.53 Å². The van der Waals surface area contributed by atoms with E-state index in [1.807, 2.05) is 30.3 Å². The lowest BCUT2D eigenvalue weighted by atomic mass is 10.0. The molecule has 0 N–H and O–H groups in total. The minimum atomic E-state index is -0.265. The highest BCUT2D eigenvalue weighted by atomic mass is 32.1. The quantitative estimate of drug-likeness (QED) is 0.135. The lowest BCUT2D eigenvalue weighted by molar-refractivity contribution is 0.0740. The van der Waals surface area contributed by atoms with Crippen molar-refractivity contribution in [1.82, 2.24) is 0 Å². The first kappa shape index (κ1) is 25.2. The molecule has 0 unspecified atom stereocenters. The molecule has 3 aromatic rings. The van der Waals surface area contributed by atoms with Crippen LogP contribution in [0.5, 0.6) is 5.75 Å². The Morgan fingerprint density at radius 3 is 1.94 bits per heavy atom. The number of carbonyl (C=O) groups excluding carboxylic acids is 1. The molecule has 1 heterocycles. The van der Waals surface area contributed by atoms with Crippen molar-refractivity contribution >= 4 is 17.3 Å². The summed E-state index contributed by atoms with van der Waals surface area (Å²) in [5.74, 6) is 0.323. The van der Waals surface area contributed by atoms with Crippen LogP contribution in [0.4, 0.5) is 0 Å². The van der Waals surface area contributed by atoms with Gasteiger partial charge in [0.2, 0.25) is 0 Å². The van der Waals surface area contributed by atoms with Crippen molar-refractivity contribution in [3.63, 3.8) is 0 Å². The van der Waals surface area contributed by atoms with Gasteiger partial charge in [-0.25, -0.2) is 4.79 Å². The normalized spacial score (nSPS) is 11.0. The van der Waals surface area contributed by atoms with Crippen molar-refractivity contribution in [2.45, 2.75) is 84.5 Å². The molecule has 0 saturated heterocycles. The van der Waals surface area contributed by atoms with Crippen LogP contribution in [0.15, 0.2) is 60.7 Å². The first-order chi connectivity index (χ1) is 16.2. The molecule has 33 heavy (non-hydrogen) atoms. The Balaban J connectivity index is 1.47. The summed E-state index contributed by atoms with van der Waals surface area (Å²) in [5, 5.41) is 0. The fourth-order valence-electron chi connectivity index (χ4n) is 4.02. The average Bonchev–Trinajstić information content (AvgIpc) is 3.32. The largest absolute Gasteiger partial charge is 0.422 e. The molecule has 176 valence electrons. The third-order valence-electron chi connectivity index (χ3n) is 6.06. The van der Waals surface area contributed by atoms with Crippen LogP contribution in [0, 0.1) is 0 Å². The molecule has 0 fully saturated rings. The molecule has 0 aliphatic carbocycles. The van der Waals surface area contributed by atoms with Gasteiger partial charge in [-0.2, -0.15) is 0 Å². The summed E-state index contributed by atoms with van der Waals surface area (Å²) in [7, 11) is 0. The van der Waals surface area contributed by atoms with Crippen LogP contribution >= 0.6 is 11.3 Å². The van der Waals surface area contributed by atoms with E-state index in [0.717, 1.165) is 18.4 Å². The third-order valence-corrected chi connectivity index (χ3v) is 7.19. The van der Waals surface area contributed by atoms with Crippen molar-refractivity contribution in [3.8, 4) is 16.9 Å². The molecule has 2 aromatic carbocycles.